The lowest BCUT2D eigenvalue weighted by Crippen LogP contribution is -2.01. The van der Waals surface area contributed by atoms with E-state index < -0.39 is 0 Å². The molecule has 0 aliphatic rings. The number of hydrogen-bond acceptors (Lipinski definition) is 6. The highest BCUT2D eigenvalue weighted by Crippen LogP contribution is 2.28. The summed E-state index contributed by atoms with van der Waals surface area (Å²) in [4.78, 5) is 20.0. The lowest BCUT2D eigenvalue weighted by molar-refractivity contribution is 0.101. The van der Waals surface area contributed by atoms with Crippen molar-refractivity contribution < 1.29 is 9.53 Å². The number of nitrogens with one attached hydrogen (secondary N) is 2. The molecule has 1 heterocycles. The molecule has 6 heteroatoms. The van der Waals surface area contributed by atoms with Crippen LogP contribution in [0.15, 0.2) is 54.9 Å². The second kappa shape index (κ2) is 7.65. The number of carbonyl (C=O) groups is 1. The molecule has 26 heavy (non-hydrogen) atoms. The third-order valence-corrected chi connectivity index (χ3v) is 3.83. The number of aromatic nitrogens is 2. The highest BCUT2D eigenvalue weighted by atomic mass is 16.5. The highest BCUT2D eigenvalue weighted by molar-refractivity contribution is 5.95. The molecule has 0 amide bonds. The number of ketones is 1. The summed E-state index contributed by atoms with van der Waals surface area (Å²) in [6.45, 7) is 3.56. The Morgan fingerprint density at radius 2 is 1.77 bits per heavy atom. The molecule has 2 aromatic carbocycles. The second-order valence-electron chi connectivity index (χ2n) is 5.88. The van der Waals surface area contributed by atoms with Gasteiger partial charge >= 0.3 is 0 Å². The molecule has 3 rings (SSSR count). The Labute approximate surface area is 152 Å². The fourth-order valence-corrected chi connectivity index (χ4v) is 2.52. The van der Waals surface area contributed by atoms with Crippen molar-refractivity contribution >= 4 is 28.8 Å². The predicted octanol–water partition coefficient (Wildman–Crippen LogP) is 4.48. The van der Waals surface area contributed by atoms with Gasteiger partial charge in [0.05, 0.1) is 12.8 Å². The van der Waals surface area contributed by atoms with Crippen LogP contribution >= 0.6 is 0 Å². The molecular weight excluding hydrogens is 328 g/mol. The normalized spacial score (nSPS) is 10.3. The van der Waals surface area contributed by atoms with E-state index in [2.05, 4.69) is 20.6 Å². The number of ether oxygens (including phenoxy) is 1. The van der Waals surface area contributed by atoms with Crippen molar-refractivity contribution in [2.75, 3.05) is 17.7 Å². The average molecular weight is 348 g/mol. The van der Waals surface area contributed by atoms with Crippen LogP contribution in [0, 0.1) is 6.92 Å². The SMILES string of the molecule is COc1ccc(C)cc1Nc1cc(Nc2cccc(C(C)=O)c2)ncn1. The van der Waals surface area contributed by atoms with Crippen molar-refractivity contribution in [3.8, 4) is 5.75 Å². The van der Waals surface area contributed by atoms with E-state index in [-0.39, 0.29) is 5.78 Å². The maximum absolute atomic E-state index is 11.5. The van der Waals surface area contributed by atoms with Crippen molar-refractivity contribution in [3.05, 3.63) is 66.0 Å². The van der Waals surface area contributed by atoms with E-state index in [0.29, 0.717) is 17.2 Å². The van der Waals surface area contributed by atoms with E-state index in [0.717, 1.165) is 22.7 Å². The molecule has 3 aromatic rings. The number of methoxy groups -OCH3 is 1. The van der Waals surface area contributed by atoms with E-state index in [1.54, 1.807) is 32.2 Å². The summed E-state index contributed by atoms with van der Waals surface area (Å²) in [6, 6.07) is 15.0. The molecule has 0 aliphatic heterocycles. The number of hydrogen-bond donors (Lipinski definition) is 2. The van der Waals surface area contributed by atoms with Gasteiger partial charge in [-0.2, -0.15) is 0 Å². The number of aryl methyl sites for hydroxylation is 1. The van der Waals surface area contributed by atoms with Crippen molar-refractivity contribution in [3.63, 3.8) is 0 Å². The smallest absolute Gasteiger partial charge is 0.159 e. The van der Waals surface area contributed by atoms with E-state index in [9.17, 15) is 4.79 Å². The zero-order valence-electron chi connectivity index (χ0n) is 14.9. The lowest BCUT2D eigenvalue weighted by atomic mass is 10.1. The van der Waals surface area contributed by atoms with Crippen molar-refractivity contribution in [1.29, 1.82) is 0 Å². The van der Waals surface area contributed by atoms with Crippen LogP contribution in [0.3, 0.4) is 0 Å². The summed E-state index contributed by atoms with van der Waals surface area (Å²) in [5, 5.41) is 6.44. The Bertz CT molecular complexity index is 941. The van der Waals surface area contributed by atoms with Gasteiger partial charge in [0.15, 0.2) is 5.78 Å². The maximum atomic E-state index is 11.5. The quantitative estimate of drug-likeness (QED) is 0.640. The number of rotatable bonds is 6. The van der Waals surface area contributed by atoms with Crippen LogP contribution < -0.4 is 15.4 Å². The predicted molar refractivity (Wildman–Crippen MR) is 103 cm³/mol. The molecule has 0 aliphatic carbocycles. The molecule has 2 N–H and O–H groups in total. The molecule has 0 unspecified atom stereocenters. The molecule has 0 spiro atoms. The van der Waals surface area contributed by atoms with Crippen molar-refractivity contribution in [2.45, 2.75) is 13.8 Å². The van der Waals surface area contributed by atoms with Crippen LogP contribution in [0.5, 0.6) is 5.75 Å². The zero-order chi connectivity index (χ0) is 18.5. The first kappa shape index (κ1) is 17.4. The number of benzene rings is 2. The van der Waals surface area contributed by atoms with E-state index in [1.165, 1.54) is 6.33 Å². The number of carbonyl (C=O) groups excluding carboxylic acids is 1. The first-order valence-corrected chi connectivity index (χ1v) is 8.17. The molecular formula is C20H20N4O2. The van der Waals surface area contributed by atoms with Crippen LogP contribution in [0.4, 0.5) is 23.0 Å². The number of anilines is 4. The molecule has 132 valence electrons. The Kier molecular flexibility index (Phi) is 5.12. The van der Waals surface area contributed by atoms with Gasteiger partial charge < -0.3 is 15.4 Å². The van der Waals surface area contributed by atoms with Crippen LogP contribution in [0.2, 0.25) is 0 Å². The molecule has 1 aromatic heterocycles. The molecule has 0 radical (unpaired) electrons. The van der Waals surface area contributed by atoms with Gasteiger partial charge in [-0.25, -0.2) is 9.97 Å². The Hall–Kier alpha value is -3.41. The first-order valence-electron chi connectivity index (χ1n) is 8.17. The summed E-state index contributed by atoms with van der Waals surface area (Å²) in [5.74, 6) is 2.01. The van der Waals surface area contributed by atoms with E-state index >= 15 is 0 Å². The monoisotopic (exact) mass is 348 g/mol. The molecule has 0 saturated heterocycles. The minimum Gasteiger partial charge on any atom is -0.495 e. The van der Waals surface area contributed by atoms with Crippen LogP contribution in [0.1, 0.15) is 22.8 Å². The minimum atomic E-state index is 0.0187. The second-order valence-corrected chi connectivity index (χ2v) is 5.88. The third-order valence-electron chi connectivity index (χ3n) is 3.83. The van der Waals surface area contributed by atoms with Gasteiger partial charge in [0, 0.05) is 17.3 Å². The van der Waals surface area contributed by atoms with Crippen LogP contribution in [0.25, 0.3) is 0 Å². The lowest BCUT2D eigenvalue weighted by Gasteiger charge is -2.12. The van der Waals surface area contributed by atoms with Gasteiger partial charge in [-0.15, -0.1) is 0 Å². The summed E-state index contributed by atoms with van der Waals surface area (Å²) in [6.07, 6.45) is 1.47. The maximum Gasteiger partial charge on any atom is 0.159 e. The van der Waals surface area contributed by atoms with E-state index in [1.807, 2.05) is 37.3 Å². The summed E-state index contributed by atoms with van der Waals surface area (Å²) in [5.41, 5.74) is 3.37. The van der Waals surface area contributed by atoms with Gasteiger partial charge in [0.1, 0.15) is 23.7 Å². The third kappa shape index (κ3) is 4.16. The van der Waals surface area contributed by atoms with Gasteiger partial charge in [-0.1, -0.05) is 18.2 Å². The highest BCUT2D eigenvalue weighted by Gasteiger charge is 2.06. The van der Waals surface area contributed by atoms with Gasteiger partial charge in [-0.05, 0) is 43.7 Å². The zero-order valence-corrected chi connectivity index (χ0v) is 14.9. The standard InChI is InChI=1S/C20H20N4O2/c1-13-7-8-18(26-3)17(9-13)24-20-11-19(21-12-22-20)23-16-6-4-5-15(10-16)14(2)25/h4-12H,1-3H3,(H2,21,22,23,24). The average Bonchev–Trinajstić information content (AvgIpc) is 2.62. The summed E-state index contributed by atoms with van der Waals surface area (Å²) >= 11 is 0. The Morgan fingerprint density at radius 1 is 1.00 bits per heavy atom. The summed E-state index contributed by atoms with van der Waals surface area (Å²) in [7, 11) is 1.63. The fraction of sp³-hybridized carbons (Fsp3) is 0.150. The topological polar surface area (TPSA) is 76.1 Å². The molecule has 0 bridgehead atoms. The largest absolute Gasteiger partial charge is 0.495 e. The molecule has 0 atom stereocenters. The van der Waals surface area contributed by atoms with Gasteiger partial charge in [-0.3, -0.25) is 4.79 Å². The summed E-state index contributed by atoms with van der Waals surface area (Å²) < 4.78 is 5.38. The van der Waals surface area contributed by atoms with E-state index in [4.69, 9.17) is 4.74 Å². The van der Waals surface area contributed by atoms with Crippen molar-refractivity contribution in [2.24, 2.45) is 0 Å². The van der Waals surface area contributed by atoms with Crippen LogP contribution in [-0.4, -0.2) is 22.9 Å². The Balaban J connectivity index is 1.82. The van der Waals surface area contributed by atoms with Gasteiger partial charge in [0.2, 0.25) is 0 Å². The Morgan fingerprint density at radius 3 is 2.50 bits per heavy atom. The van der Waals surface area contributed by atoms with Gasteiger partial charge in [0.25, 0.3) is 0 Å². The minimum absolute atomic E-state index is 0.0187. The number of nitrogens with zero attached hydrogens (tertiary/aromatic N) is 2. The molecule has 0 fully saturated rings. The van der Waals surface area contributed by atoms with Crippen LogP contribution in [-0.2, 0) is 0 Å². The number of Topliss-reactive ketones (excluding diaryl/α,β-unsaturated/α-hetero) is 1. The van der Waals surface area contributed by atoms with Crippen molar-refractivity contribution in [1.82, 2.24) is 9.97 Å². The molecule has 6 nitrogen and oxygen atoms in total. The fourth-order valence-electron chi connectivity index (χ4n) is 2.52. The molecule has 0 saturated carbocycles. The first-order chi connectivity index (χ1) is 12.5.